The molecule has 0 spiro atoms. The lowest BCUT2D eigenvalue weighted by Crippen LogP contribution is -2.31. The molecule has 1 aromatic heterocycles. The van der Waals surface area contributed by atoms with Crippen LogP contribution in [0.1, 0.15) is 29.2 Å². The van der Waals surface area contributed by atoms with Crippen molar-refractivity contribution in [2.75, 3.05) is 11.4 Å². The number of hydrogen-bond acceptors (Lipinski definition) is 1. The lowest BCUT2D eigenvalue weighted by atomic mass is 10.0. The van der Waals surface area contributed by atoms with Gasteiger partial charge in [-0.05, 0) is 42.7 Å². The number of anilines is 1. The summed E-state index contributed by atoms with van der Waals surface area (Å²) in [5.41, 5.74) is 4.74. The molecule has 1 amide bonds. The predicted octanol–water partition coefficient (Wildman–Crippen LogP) is 4.37. The van der Waals surface area contributed by atoms with Crippen LogP contribution in [0.2, 0.25) is 0 Å². The van der Waals surface area contributed by atoms with Crippen molar-refractivity contribution >= 4 is 11.6 Å². The molecule has 3 heteroatoms. The van der Waals surface area contributed by atoms with Crippen molar-refractivity contribution in [1.82, 2.24) is 4.57 Å². The molecule has 3 nitrogen and oxygen atoms in total. The Balaban J connectivity index is 1.61. The Labute approximate surface area is 148 Å². The van der Waals surface area contributed by atoms with E-state index in [2.05, 4.69) is 47.9 Å². The third kappa shape index (κ3) is 3.10. The van der Waals surface area contributed by atoms with Crippen LogP contribution in [0.5, 0.6) is 0 Å². The highest BCUT2D eigenvalue weighted by Crippen LogP contribution is 2.30. The average Bonchev–Trinajstić information content (AvgIpc) is 3.30. The van der Waals surface area contributed by atoms with Crippen molar-refractivity contribution in [2.24, 2.45) is 0 Å². The lowest BCUT2D eigenvalue weighted by molar-refractivity contribution is -0.119. The van der Waals surface area contributed by atoms with Gasteiger partial charge in [-0.3, -0.25) is 4.79 Å². The first kappa shape index (κ1) is 15.7. The van der Waals surface area contributed by atoms with Crippen LogP contribution in [0.25, 0.3) is 0 Å². The Bertz CT molecular complexity index is 865. The summed E-state index contributed by atoms with van der Waals surface area (Å²) >= 11 is 0. The summed E-state index contributed by atoms with van der Waals surface area (Å²) in [5.74, 6) is 0.184. The van der Waals surface area contributed by atoms with Crippen LogP contribution in [0, 0.1) is 6.92 Å². The molecule has 0 aliphatic carbocycles. The number of carbonyl (C=O) groups excluding carboxylic acids is 1. The highest BCUT2D eigenvalue weighted by atomic mass is 16.2. The lowest BCUT2D eigenvalue weighted by Gasteiger charge is -2.23. The van der Waals surface area contributed by atoms with E-state index in [4.69, 9.17) is 0 Å². The number of para-hydroxylation sites is 1. The second kappa shape index (κ2) is 6.60. The van der Waals surface area contributed by atoms with Gasteiger partial charge in [-0.15, -0.1) is 0 Å². The monoisotopic (exact) mass is 330 g/mol. The minimum atomic E-state index is 0.0239. The summed E-state index contributed by atoms with van der Waals surface area (Å²) in [6.45, 7) is 2.87. The van der Waals surface area contributed by atoms with Gasteiger partial charge in [-0.1, -0.05) is 48.0 Å². The quantitative estimate of drug-likeness (QED) is 0.697. The first-order valence-corrected chi connectivity index (χ1v) is 8.79. The molecule has 4 rings (SSSR count). The van der Waals surface area contributed by atoms with Gasteiger partial charge in [0.25, 0.3) is 0 Å². The van der Waals surface area contributed by atoms with Gasteiger partial charge < -0.3 is 9.47 Å². The smallest absolute Gasteiger partial charge is 0.229 e. The van der Waals surface area contributed by atoms with E-state index in [1.807, 2.05) is 41.6 Å². The van der Waals surface area contributed by atoms with Gasteiger partial charge in [0.15, 0.2) is 0 Å². The first-order chi connectivity index (χ1) is 12.2. The summed E-state index contributed by atoms with van der Waals surface area (Å²) < 4.78 is 2.13. The number of aryl methyl sites for hydroxylation is 1. The second-order valence-corrected chi connectivity index (χ2v) is 6.68. The summed E-state index contributed by atoms with van der Waals surface area (Å²) in [6.07, 6.45) is 5.48. The molecule has 1 atom stereocenters. The molecule has 2 aromatic carbocycles. The number of aromatic nitrogens is 1. The molecule has 0 fully saturated rings. The van der Waals surface area contributed by atoms with E-state index in [-0.39, 0.29) is 11.9 Å². The van der Waals surface area contributed by atoms with Crippen LogP contribution in [0.15, 0.2) is 73.1 Å². The van der Waals surface area contributed by atoms with Gasteiger partial charge in [-0.2, -0.15) is 0 Å². The van der Waals surface area contributed by atoms with Crippen LogP contribution in [-0.2, 0) is 11.2 Å². The largest absolute Gasteiger partial charge is 0.346 e. The maximum atomic E-state index is 13.1. The first-order valence-electron chi connectivity index (χ1n) is 8.79. The zero-order chi connectivity index (χ0) is 17.2. The Morgan fingerprint density at radius 2 is 1.72 bits per heavy atom. The van der Waals surface area contributed by atoms with Gasteiger partial charge in [0.1, 0.15) is 0 Å². The normalized spacial score (nSPS) is 14.4. The molecule has 0 radical (unpaired) electrons. The number of carbonyl (C=O) groups is 1. The Morgan fingerprint density at radius 3 is 2.48 bits per heavy atom. The van der Waals surface area contributed by atoms with Crippen LogP contribution in [0.3, 0.4) is 0 Å². The Hall–Kier alpha value is -2.81. The molecular formula is C22H22N2O. The van der Waals surface area contributed by atoms with E-state index in [1.165, 1.54) is 16.7 Å². The highest BCUT2D eigenvalue weighted by molar-refractivity contribution is 5.95. The van der Waals surface area contributed by atoms with E-state index in [0.717, 1.165) is 18.7 Å². The van der Waals surface area contributed by atoms with Gasteiger partial charge >= 0.3 is 0 Å². The molecule has 1 unspecified atom stereocenters. The molecule has 25 heavy (non-hydrogen) atoms. The second-order valence-electron chi connectivity index (χ2n) is 6.68. The zero-order valence-electron chi connectivity index (χ0n) is 14.4. The summed E-state index contributed by atoms with van der Waals surface area (Å²) in [5, 5.41) is 0. The van der Waals surface area contributed by atoms with Gasteiger partial charge in [0, 0.05) is 24.6 Å². The van der Waals surface area contributed by atoms with Crippen LogP contribution < -0.4 is 4.90 Å². The molecular weight excluding hydrogens is 308 g/mol. The van der Waals surface area contributed by atoms with Crippen molar-refractivity contribution in [3.05, 3.63) is 89.7 Å². The third-order valence-corrected chi connectivity index (χ3v) is 5.01. The molecule has 2 heterocycles. The van der Waals surface area contributed by atoms with E-state index in [1.54, 1.807) is 0 Å². The van der Waals surface area contributed by atoms with Crippen LogP contribution >= 0.6 is 0 Å². The molecule has 1 aliphatic heterocycles. The number of fused-ring (bicyclic) bond motifs is 1. The van der Waals surface area contributed by atoms with Crippen molar-refractivity contribution in [2.45, 2.75) is 25.8 Å². The molecule has 0 saturated heterocycles. The Morgan fingerprint density at radius 1 is 1.00 bits per heavy atom. The average molecular weight is 330 g/mol. The van der Waals surface area contributed by atoms with Crippen molar-refractivity contribution in [1.29, 1.82) is 0 Å². The number of benzene rings is 2. The van der Waals surface area contributed by atoms with E-state index in [0.29, 0.717) is 6.42 Å². The van der Waals surface area contributed by atoms with Gasteiger partial charge in [0.2, 0.25) is 5.91 Å². The SMILES string of the molecule is Cc1ccc(C(CC(=O)N2CCc3ccccc32)n2cccc2)cc1. The van der Waals surface area contributed by atoms with Crippen LogP contribution in [-0.4, -0.2) is 17.0 Å². The van der Waals surface area contributed by atoms with E-state index >= 15 is 0 Å². The van der Waals surface area contributed by atoms with E-state index in [9.17, 15) is 4.79 Å². The maximum absolute atomic E-state index is 13.1. The number of amides is 1. The summed E-state index contributed by atoms with van der Waals surface area (Å²) in [7, 11) is 0. The molecule has 0 saturated carbocycles. The fourth-order valence-corrected chi connectivity index (χ4v) is 3.61. The number of rotatable bonds is 4. The highest BCUT2D eigenvalue weighted by Gasteiger charge is 2.27. The molecule has 1 aliphatic rings. The number of nitrogens with zero attached hydrogens (tertiary/aromatic N) is 2. The number of hydrogen-bond donors (Lipinski definition) is 0. The molecule has 3 aromatic rings. The fraction of sp³-hybridized carbons (Fsp3) is 0.227. The van der Waals surface area contributed by atoms with Crippen molar-refractivity contribution in [3.8, 4) is 0 Å². The Kier molecular flexibility index (Phi) is 4.14. The van der Waals surface area contributed by atoms with Gasteiger partial charge in [0.05, 0.1) is 12.5 Å². The molecule has 126 valence electrons. The summed E-state index contributed by atoms with van der Waals surface area (Å²) in [4.78, 5) is 15.0. The fourth-order valence-electron chi connectivity index (χ4n) is 3.61. The van der Waals surface area contributed by atoms with Crippen molar-refractivity contribution in [3.63, 3.8) is 0 Å². The standard InChI is InChI=1S/C22H22N2O/c1-17-8-10-19(11-9-17)21(23-13-4-5-14-23)16-22(25)24-15-12-18-6-2-3-7-20(18)24/h2-11,13-14,21H,12,15-16H2,1H3. The van der Waals surface area contributed by atoms with Crippen molar-refractivity contribution < 1.29 is 4.79 Å². The molecule has 0 bridgehead atoms. The topological polar surface area (TPSA) is 25.2 Å². The van der Waals surface area contributed by atoms with E-state index < -0.39 is 0 Å². The minimum Gasteiger partial charge on any atom is -0.346 e. The maximum Gasteiger partial charge on any atom is 0.229 e. The minimum absolute atomic E-state index is 0.0239. The summed E-state index contributed by atoms with van der Waals surface area (Å²) in [6, 6.07) is 20.8. The molecule has 0 N–H and O–H groups in total. The van der Waals surface area contributed by atoms with Crippen LogP contribution in [0.4, 0.5) is 5.69 Å². The zero-order valence-corrected chi connectivity index (χ0v) is 14.4. The predicted molar refractivity (Wildman–Crippen MR) is 101 cm³/mol. The third-order valence-electron chi connectivity index (χ3n) is 5.01. The van der Waals surface area contributed by atoms with Gasteiger partial charge in [-0.25, -0.2) is 0 Å².